The Balaban J connectivity index is 4.48. The minimum Gasteiger partial charge on any atom is -0.299 e. The summed E-state index contributed by atoms with van der Waals surface area (Å²) in [7, 11) is 0. The van der Waals surface area contributed by atoms with Crippen molar-refractivity contribution in [1.82, 2.24) is 0 Å². The summed E-state index contributed by atoms with van der Waals surface area (Å²) in [4.78, 5) is 12.3. The minimum atomic E-state index is -0.197. The molecule has 0 aliphatic carbocycles. The molecule has 16 heavy (non-hydrogen) atoms. The van der Waals surface area contributed by atoms with Crippen LogP contribution >= 0.6 is 11.8 Å². The molecule has 0 rings (SSSR count). The zero-order valence-electron chi connectivity index (χ0n) is 12.0. The molecule has 96 valence electrons. The number of Topliss-reactive ketones (excluding diaryl/α,β-unsaturated/α-hetero) is 1. The molecular weight excluding hydrogens is 216 g/mol. The van der Waals surface area contributed by atoms with Crippen LogP contribution in [0.4, 0.5) is 0 Å². The van der Waals surface area contributed by atoms with Crippen LogP contribution in [-0.4, -0.2) is 16.8 Å². The van der Waals surface area contributed by atoms with Crippen LogP contribution in [0.25, 0.3) is 0 Å². The van der Waals surface area contributed by atoms with E-state index in [2.05, 4.69) is 27.7 Å². The van der Waals surface area contributed by atoms with E-state index in [0.29, 0.717) is 17.0 Å². The van der Waals surface area contributed by atoms with Gasteiger partial charge in [-0.15, -0.1) is 0 Å². The molecule has 0 amide bonds. The lowest BCUT2D eigenvalue weighted by molar-refractivity contribution is -0.130. The van der Waals surface area contributed by atoms with Crippen molar-refractivity contribution in [3.05, 3.63) is 0 Å². The first-order valence-electron chi connectivity index (χ1n) is 6.30. The summed E-state index contributed by atoms with van der Waals surface area (Å²) < 4.78 is 0. The molecule has 1 unspecified atom stereocenters. The second-order valence-electron chi connectivity index (χ2n) is 6.32. The van der Waals surface area contributed by atoms with Gasteiger partial charge in [-0.05, 0) is 17.6 Å². The molecule has 0 aliphatic rings. The van der Waals surface area contributed by atoms with E-state index >= 15 is 0 Å². The van der Waals surface area contributed by atoms with Crippen LogP contribution in [-0.2, 0) is 4.79 Å². The summed E-state index contributed by atoms with van der Waals surface area (Å²) >= 11 is 1.90. The summed E-state index contributed by atoms with van der Waals surface area (Å²) in [5, 5.41) is 0.613. The third kappa shape index (κ3) is 6.57. The third-order valence-electron chi connectivity index (χ3n) is 2.50. The van der Waals surface area contributed by atoms with Gasteiger partial charge in [-0.25, -0.2) is 0 Å². The van der Waals surface area contributed by atoms with E-state index in [0.717, 1.165) is 12.2 Å². The molecule has 0 heterocycles. The maximum atomic E-state index is 12.3. The van der Waals surface area contributed by atoms with Crippen molar-refractivity contribution in [3.63, 3.8) is 0 Å². The van der Waals surface area contributed by atoms with E-state index in [9.17, 15) is 4.79 Å². The van der Waals surface area contributed by atoms with Crippen LogP contribution in [0, 0.1) is 17.3 Å². The summed E-state index contributed by atoms with van der Waals surface area (Å²) in [6, 6.07) is 0. The van der Waals surface area contributed by atoms with Crippen LogP contribution in [0.5, 0.6) is 0 Å². The Kier molecular flexibility index (Phi) is 6.69. The predicted octanol–water partition coefficient (Wildman–Crippen LogP) is 4.41. The maximum absolute atomic E-state index is 12.3. The normalized spacial score (nSPS) is 14.6. The average Bonchev–Trinajstić information content (AvgIpc) is 2.08. The van der Waals surface area contributed by atoms with Crippen molar-refractivity contribution >= 4 is 17.5 Å². The Morgan fingerprint density at radius 1 is 1.12 bits per heavy atom. The van der Waals surface area contributed by atoms with Crippen molar-refractivity contribution in [2.45, 2.75) is 60.1 Å². The fraction of sp³-hybridized carbons (Fsp3) is 0.929. The molecule has 0 saturated heterocycles. The Morgan fingerprint density at radius 2 is 1.62 bits per heavy atom. The highest BCUT2D eigenvalue weighted by Crippen LogP contribution is 2.28. The van der Waals surface area contributed by atoms with E-state index in [1.807, 2.05) is 32.5 Å². The van der Waals surface area contributed by atoms with Gasteiger partial charge in [-0.2, -0.15) is 11.8 Å². The van der Waals surface area contributed by atoms with Crippen molar-refractivity contribution in [1.29, 1.82) is 0 Å². The van der Waals surface area contributed by atoms with Gasteiger partial charge in [0.05, 0.1) is 0 Å². The average molecular weight is 244 g/mol. The van der Waals surface area contributed by atoms with E-state index < -0.39 is 0 Å². The van der Waals surface area contributed by atoms with Gasteiger partial charge in [0.15, 0.2) is 0 Å². The van der Waals surface area contributed by atoms with Crippen molar-refractivity contribution in [2.75, 3.05) is 5.75 Å². The molecule has 0 fully saturated rings. The molecule has 0 saturated carbocycles. The lowest BCUT2D eigenvalue weighted by Crippen LogP contribution is -2.31. The Morgan fingerprint density at radius 3 is 1.94 bits per heavy atom. The molecule has 1 atom stereocenters. The lowest BCUT2D eigenvalue weighted by atomic mass is 9.80. The first kappa shape index (κ1) is 16.0. The van der Waals surface area contributed by atoms with Gasteiger partial charge in [-0.1, -0.05) is 48.5 Å². The standard InChI is InChI=1S/C14H28OS/c1-10(2)8-12(9-16-11(3)4)13(15)14(5,6)7/h10-12H,8-9H2,1-7H3. The maximum Gasteiger partial charge on any atom is 0.142 e. The first-order valence-corrected chi connectivity index (χ1v) is 7.35. The van der Waals surface area contributed by atoms with Crippen LogP contribution in [0.3, 0.4) is 0 Å². The highest BCUT2D eigenvalue weighted by molar-refractivity contribution is 7.99. The van der Waals surface area contributed by atoms with Gasteiger partial charge in [0, 0.05) is 17.1 Å². The minimum absolute atomic E-state index is 0.197. The van der Waals surface area contributed by atoms with Gasteiger partial charge in [-0.3, -0.25) is 4.79 Å². The molecule has 0 aromatic carbocycles. The number of thioether (sulfide) groups is 1. The molecule has 0 aliphatic heterocycles. The number of carbonyl (C=O) groups is 1. The van der Waals surface area contributed by atoms with Crippen LogP contribution in [0.2, 0.25) is 0 Å². The first-order chi connectivity index (χ1) is 7.14. The summed E-state index contributed by atoms with van der Waals surface area (Å²) in [5.41, 5.74) is -0.197. The number of hydrogen-bond acceptors (Lipinski definition) is 2. The van der Waals surface area contributed by atoms with E-state index in [1.165, 1.54) is 0 Å². The molecule has 0 spiro atoms. The predicted molar refractivity (Wildman–Crippen MR) is 75.0 cm³/mol. The van der Waals surface area contributed by atoms with Gasteiger partial charge in [0.2, 0.25) is 0 Å². The van der Waals surface area contributed by atoms with Crippen molar-refractivity contribution in [3.8, 4) is 0 Å². The molecule has 0 aromatic rings. The molecule has 0 aromatic heterocycles. The Hall–Kier alpha value is 0.0200. The molecule has 0 N–H and O–H groups in total. The zero-order valence-corrected chi connectivity index (χ0v) is 12.8. The largest absolute Gasteiger partial charge is 0.299 e. The quantitative estimate of drug-likeness (QED) is 0.688. The van der Waals surface area contributed by atoms with Crippen LogP contribution in [0.15, 0.2) is 0 Å². The van der Waals surface area contributed by atoms with Gasteiger partial charge in [0.25, 0.3) is 0 Å². The number of ketones is 1. The number of carbonyl (C=O) groups excluding carboxylic acids is 1. The van der Waals surface area contributed by atoms with Gasteiger partial charge < -0.3 is 0 Å². The third-order valence-corrected chi connectivity index (χ3v) is 3.76. The molecular formula is C14H28OS. The van der Waals surface area contributed by atoms with Crippen molar-refractivity contribution in [2.24, 2.45) is 17.3 Å². The summed E-state index contributed by atoms with van der Waals surface area (Å²) in [6.07, 6.45) is 1.02. The monoisotopic (exact) mass is 244 g/mol. The fourth-order valence-corrected chi connectivity index (χ4v) is 2.65. The van der Waals surface area contributed by atoms with E-state index in [4.69, 9.17) is 0 Å². The molecule has 0 radical (unpaired) electrons. The molecule has 2 heteroatoms. The summed E-state index contributed by atoms with van der Waals surface area (Å²) in [6.45, 7) is 14.9. The lowest BCUT2D eigenvalue weighted by Gasteiger charge is -2.26. The molecule has 1 nitrogen and oxygen atoms in total. The van der Waals surface area contributed by atoms with E-state index in [1.54, 1.807) is 0 Å². The Labute approximate surface area is 106 Å². The highest BCUT2D eigenvalue weighted by Gasteiger charge is 2.29. The Bertz CT molecular complexity index is 213. The number of rotatable bonds is 6. The van der Waals surface area contributed by atoms with Crippen LogP contribution in [0.1, 0.15) is 54.9 Å². The second kappa shape index (κ2) is 6.68. The van der Waals surface area contributed by atoms with Gasteiger partial charge >= 0.3 is 0 Å². The number of hydrogen-bond donors (Lipinski definition) is 0. The fourth-order valence-electron chi connectivity index (χ4n) is 1.74. The SMILES string of the molecule is CC(C)CC(CSC(C)C)C(=O)C(C)(C)C. The second-order valence-corrected chi connectivity index (χ2v) is 7.93. The highest BCUT2D eigenvalue weighted by atomic mass is 32.2. The van der Waals surface area contributed by atoms with Crippen molar-refractivity contribution < 1.29 is 4.79 Å². The summed E-state index contributed by atoms with van der Waals surface area (Å²) in [5.74, 6) is 2.23. The van der Waals surface area contributed by atoms with Crippen LogP contribution < -0.4 is 0 Å². The smallest absolute Gasteiger partial charge is 0.142 e. The zero-order chi connectivity index (χ0) is 12.9. The topological polar surface area (TPSA) is 17.1 Å². The van der Waals surface area contributed by atoms with E-state index in [-0.39, 0.29) is 11.3 Å². The van der Waals surface area contributed by atoms with Gasteiger partial charge in [0.1, 0.15) is 5.78 Å². The molecule has 0 bridgehead atoms.